The molecule has 106 valence electrons. The highest BCUT2D eigenvalue weighted by molar-refractivity contribution is 5.92. The van der Waals surface area contributed by atoms with E-state index in [1.165, 1.54) is 13.2 Å². The summed E-state index contributed by atoms with van der Waals surface area (Å²) >= 11 is 0. The molecule has 0 aromatic heterocycles. The number of carboxylic acid groups (broad SMARTS) is 1. The summed E-state index contributed by atoms with van der Waals surface area (Å²) < 4.78 is 10.7. The minimum atomic E-state index is -1.10. The van der Waals surface area contributed by atoms with Crippen molar-refractivity contribution in [2.45, 2.75) is 6.61 Å². The second-order valence-electron chi connectivity index (χ2n) is 4.20. The van der Waals surface area contributed by atoms with Crippen LogP contribution in [-0.4, -0.2) is 18.2 Å². The van der Waals surface area contributed by atoms with Crippen LogP contribution >= 0.6 is 0 Å². The normalized spacial score (nSPS) is 9.71. The average molecular weight is 283 g/mol. The monoisotopic (exact) mass is 283 g/mol. The van der Waals surface area contributed by atoms with Gasteiger partial charge in [0.15, 0.2) is 11.5 Å². The summed E-state index contributed by atoms with van der Waals surface area (Å²) in [6, 6.07) is 13.7. The molecule has 2 rings (SSSR count). The number of aromatic carboxylic acids is 1. The molecule has 5 heteroatoms. The summed E-state index contributed by atoms with van der Waals surface area (Å²) in [5.74, 6) is -0.609. The Balaban J connectivity index is 2.32. The molecule has 0 aliphatic rings. The molecule has 0 fully saturated rings. The number of carbonyl (C=O) groups is 1. The van der Waals surface area contributed by atoms with E-state index in [0.717, 1.165) is 0 Å². The second-order valence-corrected chi connectivity index (χ2v) is 4.20. The van der Waals surface area contributed by atoms with Crippen molar-refractivity contribution in [3.05, 3.63) is 59.2 Å². The first-order chi connectivity index (χ1) is 10.2. The van der Waals surface area contributed by atoms with E-state index in [-0.39, 0.29) is 17.9 Å². The molecular weight excluding hydrogens is 270 g/mol. The van der Waals surface area contributed by atoms with Gasteiger partial charge in [-0.05, 0) is 18.2 Å². The van der Waals surface area contributed by atoms with Gasteiger partial charge < -0.3 is 14.6 Å². The van der Waals surface area contributed by atoms with Gasteiger partial charge in [-0.15, -0.1) is 0 Å². The lowest BCUT2D eigenvalue weighted by Crippen LogP contribution is -2.06. The molecule has 0 radical (unpaired) electrons. The van der Waals surface area contributed by atoms with Gasteiger partial charge in [-0.3, -0.25) is 0 Å². The minimum Gasteiger partial charge on any atom is -0.493 e. The molecule has 0 heterocycles. The van der Waals surface area contributed by atoms with Crippen LogP contribution in [0.3, 0.4) is 0 Å². The summed E-state index contributed by atoms with van der Waals surface area (Å²) in [5.41, 5.74) is 1.19. The summed E-state index contributed by atoms with van der Waals surface area (Å²) in [5, 5.41) is 18.2. The van der Waals surface area contributed by atoms with E-state index in [2.05, 4.69) is 6.07 Å². The quantitative estimate of drug-likeness (QED) is 0.912. The predicted octanol–water partition coefficient (Wildman–Crippen LogP) is 2.84. The molecule has 1 N–H and O–H groups in total. The highest BCUT2D eigenvalue weighted by Crippen LogP contribution is 2.32. The van der Waals surface area contributed by atoms with Crippen molar-refractivity contribution in [2.24, 2.45) is 0 Å². The molecule has 0 atom stereocenters. The van der Waals surface area contributed by atoms with Crippen LogP contribution in [0.25, 0.3) is 0 Å². The average Bonchev–Trinajstić information content (AvgIpc) is 2.52. The first kappa shape index (κ1) is 14.4. The molecular formula is C16H13NO4. The van der Waals surface area contributed by atoms with Gasteiger partial charge in [-0.1, -0.05) is 24.3 Å². The molecule has 0 unspecified atom stereocenters. The second kappa shape index (κ2) is 6.44. The fraction of sp³-hybridized carbons (Fsp3) is 0.125. The van der Waals surface area contributed by atoms with Crippen LogP contribution in [0.5, 0.6) is 11.5 Å². The summed E-state index contributed by atoms with van der Waals surface area (Å²) in [7, 11) is 1.44. The lowest BCUT2D eigenvalue weighted by molar-refractivity contribution is 0.0691. The van der Waals surface area contributed by atoms with Gasteiger partial charge in [0.1, 0.15) is 12.2 Å². The Bertz CT molecular complexity index is 704. The Kier molecular flexibility index (Phi) is 4.42. The van der Waals surface area contributed by atoms with Crippen LogP contribution in [-0.2, 0) is 6.61 Å². The Morgan fingerprint density at radius 3 is 2.67 bits per heavy atom. The number of carboxylic acids is 1. The summed E-state index contributed by atoms with van der Waals surface area (Å²) in [6.07, 6.45) is 0. The van der Waals surface area contributed by atoms with Crippen molar-refractivity contribution >= 4 is 5.97 Å². The number of nitrogens with zero attached hydrogens (tertiary/aromatic N) is 1. The SMILES string of the molecule is COc1cccc(C(=O)O)c1OCc1ccccc1C#N. The molecule has 2 aromatic rings. The molecule has 0 saturated heterocycles. The Labute approximate surface area is 122 Å². The van der Waals surface area contributed by atoms with Gasteiger partial charge in [0.2, 0.25) is 0 Å². The zero-order valence-electron chi connectivity index (χ0n) is 11.4. The van der Waals surface area contributed by atoms with Crippen LogP contribution in [0.1, 0.15) is 21.5 Å². The van der Waals surface area contributed by atoms with Gasteiger partial charge in [0.25, 0.3) is 0 Å². The van der Waals surface area contributed by atoms with Crippen LogP contribution in [0.2, 0.25) is 0 Å². The van der Waals surface area contributed by atoms with Crippen LogP contribution in [0, 0.1) is 11.3 Å². The van der Waals surface area contributed by atoms with Gasteiger partial charge >= 0.3 is 5.97 Å². The van der Waals surface area contributed by atoms with Crippen molar-refractivity contribution in [3.63, 3.8) is 0 Å². The third kappa shape index (κ3) is 3.12. The van der Waals surface area contributed by atoms with Crippen LogP contribution < -0.4 is 9.47 Å². The van der Waals surface area contributed by atoms with E-state index < -0.39 is 5.97 Å². The summed E-state index contributed by atoms with van der Waals surface area (Å²) in [4.78, 5) is 11.2. The molecule has 0 amide bonds. The maximum absolute atomic E-state index is 11.2. The molecule has 0 saturated carbocycles. The first-order valence-corrected chi connectivity index (χ1v) is 6.18. The van der Waals surface area contributed by atoms with Crippen molar-refractivity contribution in [2.75, 3.05) is 7.11 Å². The molecule has 0 aliphatic heterocycles. The van der Waals surface area contributed by atoms with E-state index in [0.29, 0.717) is 16.9 Å². The predicted molar refractivity (Wildman–Crippen MR) is 75.4 cm³/mol. The van der Waals surface area contributed by atoms with E-state index in [1.54, 1.807) is 36.4 Å². The Morgan fingerprint density at radius 2 is 2.00 bits per heavy atom. The van der Waals surface area contributed by atoms with Crippen molar-refractivity contribution < 1.29 is 19.4 Å². The lowest BCUT2D eigenvalue weighted by atomic mass is 10.1. The van der Waals surface area contributed by atoms with Gasteiger partial charge in [-0.25, -0.2) is 4.79 Å². The molecule has 21 heavy (non-hydrogen) atoms. The largest absolute Gasteiger partial charge is 0.493 e. The van der Waals surface area contributed by atoms with E-state index in [1.807, 2.05) is 0 Å². The van der Waals surface area contributed by atoms with Gasteiger partial charge in [0.05, 0.1) is 18.7 Å². The third-order valence-electron chi connectivity index (χ3n) is 2.94. The standard InChI is InChI=1S/C16H13NO4/c1-20-14-8-4-7-13(16(18)19)15(14)21-10-12-6-3-2-5-11(12)9-17/h2-8H,10H2,1H3,(H,18,19). The zero-order valence-corrected chi connectivity index (χ0v) is 11.4. The first-order valence-electron chi connectivity index (χ1n) is 6.18. The van der Waals surface area contributed by atoms with E-state index >= 15 is 0 Å². The van der Waals surface area contributed by atoms with Crippen LogP contribution in [0.15, 0.2) is 42.5 Å². The van der Waals surface area contributed by atoms with Crippen LogP contribution in [0.4, 0.5) is 0 Å². The fourth-order valence-corrected chi connectivity index (χ4v) is 1.90. The highest BCUT2D eigenvalue weighted by Gasteiger charge is 2.16. The van der Waals surface area contributed by atoms with E-state index in [4.69, 9.17) is 14.7 Å². The van der Waals surface area contributed by atoms with Gasteiger partial charge in [-0.2, -0.15) is 5.26 Å². The number of benzene rings is 2. The number of hydrogen-bond acceptors (Lipinski definition) is 4. The van der Waals surface area contributed by atoms with Crippen molar-refractivity contribution in [1.29, 1.82) is 5.26 Å². The number of rotatable bonds is 5. The van der Waals surface area contributed by atoms with E-state index in [9.17, 15) is 9.90 Å². The van der Waals surface area contributed by atoms with Crippen molar-refractivity contribution in [1.82, 2.24) is 0 Å². The maximum Gasteiger partial charge on any atom is 0.339 e. The number of ether oxygens (including phenoxy) is 2. The summed E-state index contributed by atoms with van der Waals surface area (Å²) in [6.45, 7) is 0.0877. The molecule has 2 aromatic carbocycles. The Hall–Kier alpha value is -3.00. The molecule has 0 spiro atoms. The number of nitriles is 1. The Morgan fingerprint density at radius 1 is 1.24 bits per heavy atom. The molecule has 5 nitrogen and oxygen atoms in total. The minimum absolute atomic E-state index is 0.0174. The smallest absolute Gasteiger partial charge is 0.339 e. The van der Waals surface area contributed by atoms with Crippen molar-refractivity contribution in [3.8, 4) is 17.6 Å². The molecule has 0 bridgehead atoms. The lowest BCUT2D eigenvalue weighted by Gasteiger charge is -2.13. The number of methoxy groups -OCH3 is 1. The van der Waals surface area contributed by atoms with Gasteiger partial charge in [0, 0.05) is 5.56 Å². The maximum atomic E-state index is 11.2. The topological polar surface area (TPSA) is 79.6 Å². The number of hydrogen-bond donors (Lipinski definition) is 1. The highest BCUT2D eigenvalue weighted by atomic mass is 16.5. The molecule has 0 aliphatic carbocycles. The fourth-order valence-electron chi connectivity index (χ4n) is 1.90. The number of para-hydroxylation sites is 1. The zero-order chi connectivity index (χ0) is 15.2. The third-order valence-corrected chi connectivity index (χ3v) is 2.94.